The minimum absolute atomic E-state index is 0.229. The van der Waals surface area contributed by atoms with Gasteiger partial charge in [-0.1, -0.05) is 6.92 Å². The van der Waals surface area contributed by atoms with E-state index in [1.165, 1.54) is 12.8 Å². The van der Waals surface area contributed by atoms with Crippen LogP contribution in [0.3, 0.4) is 0 Å². The van der Waals surface area contributed by atoms with E-state index in [0.717, 1.165) is 31.9 Å². The van der Waals surface area contributed by atoms with Crippen LogP contribution < -0.4 is 5.73 Å². The van der Waals surface area contributed by atoms with Gasteiger partial charge in [0.05, 0.1) is 6.10 Å². The Morgan fingerprint density at radius 3 is 2.44 bits per heavy atom. The Labute approximate surface area is 99.3 Å². The lowest BCUT2D eigenvalue weighted by molar-refractivity contribution is 0.0145. The van der Waals surface area contributed by atoms with E-state index in [4.69, 9.17) is 10.5 Å². The molecular formula is C13H26N2O. The molecule has 16 heavy (non-hydrogen) atoms. The Balaban J connectivity index is 2.12. The average Bonchev–Trinajstić information content (AvgIpc) is 3.04. The van der Waals surface area contributed by atoms with E-state index in [0.29, 0.717) is 12.1 Å². The number of likely N-dealkylation sites (N-methyl/N-ethyl adjacent to an activating group) is 1. The maximum absolute atomic E-state index is 6.09. The van der Waals surface area contributed by atoms with Gasteiger partial charge in [0.25, 0.3) is 0 Å². The lowest BCUT2D eigenvalue weighted by atomic mass is 9.86. The van der Waals surface area contributed by atoms with Crippen LogP contribution in [0.5, 0.6) is 0 Å². The SMILES string of the molecule is CCC(CN)(C1CC1)N(C)C1CCOC1C. The molecule has 3 atom stereocenters. The first-order valence-corrected chi connectivity index (χ1v) is 6.70. The molecule has 0 aromatic carbocycles. The molecule has 94 valence electrons. The van der Waals surface area contributed by atoms with Crippen molar-refractivity contribution in [2.24, 2.45) is 11.7 Å². The van der Waals surface area contributed by atoms with E-state index < -0.39 is 0 Å². The molecule has 1 saturated carbocycles. The quantitative estimate of drug-likeness (QED) is 0.774. The Bertz CT molecular complexity index is 236. The number of hydrogen-bond acceptors (Lipinski definition) is 3. The molecule has 2 N–H and O–H groups in total. The fraction of sp³-hybridized carbons (Fsp3) is 1.00. The third-order valence-electron chi connectivity index (χ3n) is 4.84. The molecule has 0 aromatic heterocycles. The lowest BCUT2D eigenvalue weighted by Gasteiger charge is -2.45. The minimum Gasteiger partial charge on any atom is -0.377 e. The van der Waals surface area contributed by atoms with Gasteiger partial charge in [-0.25, -0.2) is 0 Å². The summed E-state index contributed by atoms with van der Waals surface area (Å²) < 4.78 is 5.69. The fourth-order valence-corrected chi connectivity index (χ4v) is 3.46. The summed E-state index contributed by atoms with van der Waals surface area (Å²) >= 11 is 0. The summed E-state index contributed by atoms with van der Waals surface area (Å²) in [5.74, 6) is 0.820. The van der Waals surface area contributed by atoms with Gasteiger partial charge in [-0.2, -0.15) is 0 Å². The molecule has 1 aliphatic heterocycles. The average molecular weight is 226 g/mol. The Kier molecular flexibility index (Phi) is 3.57. The Morgan fingerprint density at radius 1 is 1.38 bits per heavy atom. The summed E-state index contributed by atoms with van der Waals surface area (Å²) in [6.07, 6.45) is 5.40. The van der Waals surface area contributed by atoms with Crippen molar-refractivity contribution in [3.63, 3.8) is 0 Å². The van der Waals surface area contributed by atoms with Crippen LogP contribution in [-0.4, -0.2) is 42.8 Å². The van der Waals surface area contributed by atoms with Gasteiger partial charge in [-0.3, -0.25) is 4.90 Å². The van der Waals surface area contributed by atoms with Crippen molar-refractivity contribution in [1.82, 2.24) is 4.90 Å². The van der Waals surface area contributed by atoms with Crippen molar-refractivity contribution in [2.45, 2.75) is 57.2 Å². The molecule has 1 saturated heterocycles. The normalized spacial score (nSPS) is 34.3. The standard InChI is InChI=1S/C13H26N2O/c1-4-13(9-14,11-5-6-11)15(3)12-7-8-16-10(12)2/h10-12H,4-9,14H2,1-3H3. The van der Waals surface area contributed by atoms with E-state index in [9.17, 15) is 0 Å². The summed E-state index contributed by atoms with van der Waals surface area (Å²) in [5, 5.41) is 0. The molecule has 3 heteroatoms. The van der Waals surface area contributed by atoms with Crippen LogP contribution in [0.4, 0.5) is 0 Å². The third kappa shape index (κ3) is 1.89. The molecule has 0 radical (unpaired) electrons. The second kappa shape index (κ2) is 4.63. The molecule has 3 unspecified atom stereocenters. The second-order valence-electron chi connectivity index (χ2n) is 5.48. The summed E-state index contributed by atoms with van der Waals surface area (Å²) in [6, 6.07) is 0.559. The van der Waals surface area contributed by atoms with Crippen molar-refractivity contribution in [1.29, 1.82) is 0 Å². The summed E-state index contributed by atoms with van der Waals surface area (Å²) in [6.45, 7) is 6.17. The molecule has 1 heterocycles. The van der Waals surface area contributed by atoms with Gasteiger partial charge in [0.15, 0.2) is 0 Å². The highest BCUT2D eigenvalue weighted by Crippen LogP contribution is 2.45. The van der Waals surface area contributed by atoms with Gasteiger partial charge in [-0.15, -0.1) is 0 Å². The third-order valence-corrected chi connectivity index (χ3v) is 4.84. The van der Waals surface area contributed by atoms with Crippen LogP contribution in [0.25, 0.3) is 0 Å². The van der Waals surface area contributed by atoms with E-state index >= 15 is 0 Å². The molecule has 3 nitrogen and oxygen atoms in total. The second-order valence-corrected chi connectivity index (χ2v) is 5.48. The summed E-state index contributed by atoms with van der Waals surface area (Å²) in [7, 11) is 2.25. The topological polar surface area (TPSA) is 38.5 Å². The maximum atomic E-state index is 6.09. The molecular weight excluding hydrogens is 200 g/mol. The highest BCUT2D eigenvalue weighted by molar-refractivity contribution is 5.04. The Hall–Kier alpha value is -0.120. The molecule has 1 aliphatic carbocycles. The number of rotatable bonds is 5. The first-order chi connectivity index (χ1) is 7.65. The molecule has 2 rings (SSSR count). The number of nitrogens with zero attached hydrogens (tertiary/aromatic N) is 1. The monoisotopic (exact) mass is 226 g/mol. The lowest BCUT2D eigenvalue weighted by Crippen LogP contribution is -2.58. The molecule has 2 aliphatic rings. The summed E-state index contributed by atoms with van der Waals surface area (Å²) in [4.78, 5) is 2.54. The van der Waals surface area contributed by atoms with E-state index in [-0.39, 0.29) is 5.54 Å². The van der Waals surface area contributed by atoms with Gasteiger partial charge in [0.1, 0.15) is 0 Å². The first-order valence-electron chi connectivity index (χ1n) is 6.70. The van der Waals surface area contributed by atoms with Gasteiger partial charge in [0, 0.05) is 24.7 Å². The highest BCUT2D eigenvalue weighted by atomic mass is 16.5. The Morgan fingerprint density at radius 2 is 2.06 bits per heavy atom. The molecule has 0 amide bonds. The molecule has 0 aromatic rings. The van der Waals surface area contributed by atoms with Crippen molar-refractivity contribution in [2.75, 3.05) is 20.2 Å². The van der Waals surface area contributed by atoms with Crippen molar-refractivity contribution < 1.29 is 4.74 Å². The van der Waals surface area contributed by atoms with Gasteiger partial charge in [-0.05, 0) is 45.6 Å². The van der Waals surface area contributed by atoms with Crippen LogP contribution >= 0.6 is 0 Å². The predicted octanol–water partition coefficient (Wildman–Crippen LogP) is 1.61. The number of hydrogen-bond donors (Lipinski definition) is 1. The maximum Gasteiger partial charge on any atom is 0.0703 e. The van der Waals surface area contributed by atoms with Gasteiger partial charge < -0.3 is 10.5 Å². The van der Waals surface area contributed by atoms with E-state index in [1.807, 2.05) is 0 Å². The van der Waals surface area contributed by atoms with Crippen LogP contribution in [0.15, 0.2) is 0 Å². The van der Waals surface area contributed by atoms with Gasteiger partial charge >= 0.3 is 0 Å². The first kappa shape index (κ1) is 12.3. The van der Waals surface area contributed by atoms with Crippen LogP contribution in [-0.2, 0) is 4.74 Å². The predicted molar refractivity (Wildman–Crippen MR) is 66.4 cm³/mol. The van der Waals surface area contributed by atoms with Crippen LogP contribution in [0.2, 0.25) is 0 Å². The fourth-order valence-electron chi connectivity index (χ4n) is 3.46. The van der Waals surface area contributed by atoms with Crippen molar-refractivity contribution >= 4 is 0 Å². The number of ether oxygens (including phenoxy) is 1. The van der Waals surface area contributed by atoms with E-state index in [1.54, 1.807) is 0 Å². The zero-order valence-corrected chi connectivity index (χ0v) is 10.9. The molecule has 2 fully saturated rings. The molecule has 0 bridgehead atoms. The van der Waals surface area contributed by atoms with Gasteiger partial charge in [0.2, 0.25) is 0 Å². The van der Waals surface area contributed by atoms with Crippen molar-refractivity contribution in [3.8, 4) is 0 Å². The number of nitrogens with two attached hydrogens (primary N) is 1. The largest absolute Gasteiger partial charge is 0.377 e. The van der Waals surface area contributed by atoms with Crippen LogP contribution in [0.1, 0.15) is 39.5 Å². The molecule has 0 spiro atoms. The zero-order valence-electron chi connectivity index (χ0n) is 10.9. The summed E-state index contributed by atoms with van der Waals surface area (Å²) in [5.41, 5.74) is 6.32. The minimum atomic E-state index is 0.229. The smallest absolute Gasteiger partial charge is 0.0703 e. The van der Waals surface area contributed by atoms with Crippen LogP contribution in [0, 0.1) is 5.92 Å². The van der Waals surface area contributed by atoms with Crippen molar-refractivity contribution in [3.05, 3.63) is 0 Å². The highest BCUT2D eigenvalue weighted by Gasteiger charge is 2.49. The van der Waals surface area contributed by atoms with E-state index in [2.05, 4.69) is 25.8 Å². The zero-order chi connectivity index (χ0) is 11.8.